The minimum Gasteiger partial charge on any atom is -0.478 e. The van der Waals surface area contributed by atoms with Gasteiger partial charge in [-0.3, -0.25) is 4.99 Å². The molecule has 0 unspecified atom stereocenters. The molecule has 4 aromatic rings. The molecule has 1 aromatic heterocycles. The summed E-state index contributed by atoms with van der Waals surface area (Å²) < 4.78 is 15.9. The lowest BCUT2D eigenvalue weighted by atomic mass is 9.93. The van der Waals surface area contributed by atoms with Crippen LogP contribution in [0.4, 0.5) is 4.39 Å². The Morgan fingerprint density at radius 1 is 1.09 bits per heavy atom. The lowest BCUT2D eigenvalue weighted by Crippen LogP contribution is -2.04. The molecule has 0 aliphatic carbocycles. The first-order valence-corrected chi connectivity index (χ1v) is 10.7. The number of aromatic nitrogens is 1. The number of carboxylic acids is 1. The lowest BCUT2D eigenvalue weighted by Gasteiger charge is -2.16. The summed E-state index contributed by atoms with van der Waals surface area (Å²) in [5, 5.41) is 10.7. The summed E-state index contributed by atoms with van der Waals surface area (Å²) in [5.74, 6) is -1.09. The molecule has 32 heavy (non-hydrogen) atoms. The zero-order valence-corrected chi connectivity index (χ0v) is 18.2. The lowest BCUT2D eigenvalue weighted by molar-refractivity contribution is 0.0697. The number of nitrogens with zero attached hydrogens (tertiary/aromatic N) is 2. The first-order chi connectivity index (χ1) is 15.3. The van der Waals surface area contributed by atoms with Gasteiger partial charge in [0.1, 0.15) is 5.82 Å². The molecular weight excluding hydrogens is 403 g/mol. The standard InChI is InChI=1S/C27H23FN2O2/c1-15(2)26-25(17-8-16(3)9-18(10-17)27(31)32)23-11-19-13-29-14-20(19)12-24(23)30(26)22-6-4-21(28)5-7-22/h4-12,14-15H,13H2,1-3H3,(H,31,32). The molecule has 160 valence electrons. The van der Waals surface area contributed by atoms with Crippen LogP contribution in [0.15, 0.2) is 59.6 Å². The molecule has 1 aliphatic rings. The molecule has 1 aliphatic heterocycles. The molecule has 0 atom stereocenters. The van der Waals surface area contributed by atoms with E-state index in [1.54, 1.807) is 24.3 Å². The van der Waals surface area contributed by atoms with Crippen LogP contribution in [0.1, 0.15) is 52.5 Å². The SMILES string of the molecule is Cc1cc(C(=O)O)cc(-c2c(C(C)C)n(-c3ccc(F)cc3)c3cc4c(cc23)CN=C4)c1. The molecule has 2 heterocycles. The molecule has 5 heteroatoms. The zero-order valence-electron chi connectivity index (χ0n) is 18.2. The number of carbonyl (C=O) groups is 1. The average molecular weight is 426 g/mol. The number of halogens is 1. The highest BCUT2D eigenvalue weighted by Gasteiger charge is 2.24. The van der Waals surface area contributed by atoms with Gasteiger partial charge in [-0.2, -0.15) is 0 Å². The summed E-state index contributed by atoms with van der Waals surface area (Å²) in [4.78, 5) is 16.2. The number of carboxylic acid groups (broad SMARTS) is 1. The Morgan fingerprint density at radius 3 is 2.53 bits per heavy atom. The molecule has 5 rings (SSSR count). The van der Waals surface area contributed by atoms with Crippen molar-refractivity contribution in [3.8, 4) is 16.8 Å². The predicted molar refractivity (Wildman–Crippen MR) is 126 cm³/mol. The van der Waals surface area contributed by atoms with Gasteiger partial charge >= 0.3 is 5.97 Å². The van der Waals surface area contributed by atoms with Crippen LogP contribution in [0.5, 0.6) is 0 Å². The maximum Gasteiger partial charge on any atom is 0.335 e. The summed E-state index contributed by atoms with van der Waals surface area (Å²) in [6, 6.07) is 16.3. The fourth-order valence-corrected chi connectivity index (χ4v) is 4.68. The van der Waals surface area contributed by atoms with Gasteiger partial charge in [0.05, 0.1) is 17.6 Å². The van der Waals surface area contributed by atoms with Crippen LogP contribution in [-0.4, -0.2) is 21.9 Å². The van der Waals surface area contributed by atoms with E-state index in [1.807, 2.05) is 19.2 Å². The maximum atomic E-state index is 13.7. The predicted octanol–water partition coefficient (Wildman–Crippen LogP) is 6.50. The molecule has 0 bridgehead atoms. The van der Waals surface area contributed by atoms with Crippen molar-refractivity contribution in [3.63, 3.8) is 0 Å². The molecule has 0 spiro atoms. The van der Waals surface area contributed by atoms with E-state index in [9.17, 15) is 14.3 Å². The number of aliphatic imine (C=N–C) groups is 1. The van der Waals surface area contributed by atoms with E-state index in [-0.39, 0.29) is 17.3 Å². The third-order valence-electron chi connectivity index (χ3n) is 6.00. The van der Waals surface area contributed by atoms with Gasteiger partial charge in [-0.15, -0.1) is 0 Å². The molecule has 1 N–H and O–H groups in total. The quantitative estimate of drug-likeness (QED) is 0.405. The van der Waals surface area contributed by atoms with Crippen LogP contribution in [-0.2, 0) is 6.54 Å². The van der Waals surface area contributed by atoms with E-state index < -0.39 is 5.97 Å². The molecular formula is C27H23FN2O2. The molecule has 0 amide bonds. The van der Waals surface area contributed by atoms with E-state index in [2.05, 4.69) is 35.5 Å². The third-order valence-corrected chi connectivity index (χ3v) is 6.00. The Labute approximate surface area is 185 Å². The van der Waals surface area contributed by atoms with E-state index in [1.165, 1.54) is 12.1 Å². The van der Waals surface area contributed by atoms with E-state index in [4.69, 9.17) is 0 Å². The fraction of sp³-hybridized carbons (Fsp3) is 0.185. The van der Waals surface area contributed by atoms with Gasteiger partial charge in [-0.1, -0.05) is 19.9 Å². The van der Waals surface area contributed by atoms with Crippen molar-refractivity contribution in [2.75, 3.05) is 0 Å². The van der Waals surface area contributed by atoms with Gasteiger partial charge in [0.25, 0.3) is 0 Å². The Kier molecular flexibility index (Phi) is 4.70. The Morgan fingerprint density at radius 2 is 1.84 bits per heavy atom. The van der Waals surface area contributed by atoms with E-state index in [0.29, 0.717) is 6.54 Å². The highest BCUT2D eigenvalue weighted by molar-refractivity contribution is 6.04. The van der Waals surface area contributed by atoms with Crippen LogP contribution < -0.4 is 0 Å². The molecule has 0 fully saturated rings. The zero-order chi connectivity index (χ0) is 22.6. The van der Waals surface area contributed by atoms with Gasteiger partial charge in [0.15, 0.2) is 0 Å². The van der Waals surface area contributed by atoms with E-state index in [0.717, 1.165) is 50.1 Å². The number of fused-ring (bicyclic) bond motifs is 2. The topological polar surface area (TPSA) is 54.6 Å². The number of hydrogen-bond acceptors (Lipinski definition) is 2. The van der Waals surface area contributed by atoms with Crippen molar-refractivity contribution in [3.05, 3.63) is 88.4 Å². The molecule has 0 saturated heterocycles. The van der Waals surface area contributed by atoms with Crippen LogP contribution in [0.25, 0.3) is 27.7 Å². The van der Waals surface area contributed by atoms with Crippen molar-refractivity contribution >= 4 is 23.1 Å². The van der Waals surface area contributed by atoms with Crippen molar-refractivity contribution < 1.29 is 14.3 Å². The summed E-state index contributed by atoms with van der Waals surface area (Å²) in [5.41, 5.74) is 8.20. The highest BCUT2D eigenvalue weighted by atomic mass is 19.1. The molecule has 0 saturated carbocycles. The number of hydrogen-bond donors (Lipinski definition) is 1. The fourth-order valence-electron chi connectivity index (χ4n) is 4.68. The Bertz CT molecular complexity index is 1410. The maximum absolute atomic E-state index is 13.7. The smallest absolute Gasteiger partial charge is 0.335 e. The first kappa shape index (κ1) is 20.2. The van der Waals surface area contributed by atoms with Crippen LogP contribution in [0.2, 0.25) is 0 Å². The minimum atomic E-state index is -0.947. The normalized spacial score (nSPS) is 12.7. The second-order valence-electron chi connectivity index (χ2n) is 8.66. The van der Waals surface area contributed by atoms with Gasteiger partial charge < -0.3 is 9.67 Å². The monoisotopic (exact) mass is 426 g/mol. The minimum absolute atomic E-state index is 0.139. The number of rotatable bonds is 4. The first-order valence-electron chi connectivity index (χ1n) is 10.7. The van der Waals surface area contributed by atoms with Crippen LogP contribution in [0.3, 0.4) is 0 Å². The summed E-state index contributed by atoms with van der Waals surface area (Å²) in [7, 11) is 0. The van der Waals surface area contributed by atoms with E-state index >= 15 is 0 Å². The summed E-state index contributed by atoms with van der Waals surface area (Å²) >= 11 is 0. The van der Waals surface area contributed by atoms with Gasteiger partial charge in [-0.25, -0.2) is 9.18 Å². The Balaban J connectivity index is 1.92. The highest BCUT2D eigenvalue weighted by Crippen LogP contribution is 2.42. The van der Waals surface area contributed by atoms with Gasteiger partial charge in [0.2, 0.25) is 0 Å². The summed E-state index contributed by atoms with van der Waals surface area (Å²) in [6.45, 7) is 6.80. The number of aryl methyl sites for hydroxylation is 1. The molecule has 0 radical (unpaired) electrons. The molecule has 4 nitrogen and oxygen atoms in total. The van der Waals surface area contributed by atoms with Crippen LogP contribution >= 0.6 is 0 Å². The number of aromatic carboxylic acids is 1. The summed E-state index contributed by atoms with van der Waals surface area (Å²) in [6.07, 6.45) is 1.89. The largest absolute Gasteiger partial charge is 0.478 e. The van der Waals surface area contributed by atoms with Crippen LogP contribution in [0, 0.1) is 12.7 Å². The van der Waals surface area contributed by atoms with Crippen molar-refractivity contribution in [1.29, 1.82) is 0 Å². The number of benzene rings is 3. The second-order valence-corrected chi connectivity index (χ2v) is 8.66. The van der Waals surface area contributed by atoms with Crippen molar-refractivity contribution in [2.45, 2.75) is 33.2 Å². The van der Waals surface area contributed by atoms with Crippen molar-refractivity contribution in [1.82, 2.24) is 4.57 Å². The van der Waals surface area contributed by atoms with Gasteiger partial charge in [0, 0.05) is 28.5 Å². The molecule has 3 aromatic carbocycles. The second kappa shape index (κ2) is 7.45. The average Bonchev–Trinajstić information content (AvgIpc) is 3.34. The van der Waals surface area contributed by atoms with Gasteiger partial charge in [-0.05, 0) is 83.6 Å². The Hall–Kier alpha value is -3.73. The third kappa shape index (κ3) is 3.21. The van der Waals surface area contributed by atoms with Crippen molar-refractivity contribution in [2.24, 2.45) is 4.99 Å².